The molecule has 0 aliphatic heterocycles. The van der Waals surface area contributed by atoms with Crippen molar-refractivity contribution < 1.29 is 14.6 Å². The van der Waals surface area contributed by atoms with Gasteiger partial charge in [-0.2, -0.15) is 0 Å². The first-order chi connectivity index (χ1) is 5.70. The predicted octanol–water partition coefficient (Wildman–Crippen LogP) is 1.49. The summed E-state index contributed by atoms with van der Waals surface area (Å²) >= 11 is 0. The number of unbranched alkanes of at least 4 members (excludes halogenated alkanes) is 2. The van der Waals surface area contributed by atoms with Gasteiger partial charge in [0.15, 0.2) is 0 Å². The zero-order valence-electron chi connectivity index (χ0n) is 7.88. The minimum absolute atomic E-state index is 0.0662. The summed E-state index contributed by atoms with van der Waals surface area (Å²) < 4.78 is 4.86. The summed E-state index contributed by atoms with van der Waals surface area (Å²) in [5, 5.41) is 8.80. The third-order valence-corrected chi connectivity index (χ3v) is 1.67. The topological polar surface area (TPSA) is 46.5 Å². The molecule has 0 rings (SSSR count). The average Bonchev–Trinajstić information content (AvgIpc) is 2.02. The number of ether oxygens (including phenoxy) is 1. The van der Waals surface area contributed by atoms with E-state index >= 15 is 0 Å². The molecular formula is C9H18O3. The van der Waals surface area contributed by atoms with E-state index in [2.05, 4.69) is 6.92 Å². The van der Waals surface area contributed by atoms with Gasteiger partial charge in [-0.3, -0.25) is 4.79 Å². The Morgan fingerprint density at radius 1 is 1.50 bits per heavy atom. The van der Waals surface area contributed by atoms with Gasteiger partial charge in [0.1, 0.15) is 6.10 Å². The van der Waals surface area contributed by atoms with Crippen molar-refractivity contribution in [1.82, 2.24) is 0 Å². The van der Waals surface area contributed by atoms with Gasteiger partial charge < -0.3 is 9.84 Å². The maximum Gasteiger partial charge on any atom is 0.302 e. The fraction of sp³-hybridized carbons (Fsp3) is 0.889. The molecule has 3 heteroatoms. The zero-order chi connectivity index (χ0) is 9.40. The first-order valence-corrected chi connectivity index (χ1v) is 4.48. The van der Waals surface area contributed by atoms with Crippen LogP contribution in [0.3, 0.4) is 0 Å². The molecule has 0 spiro atoms. The van der Waals surface area contributed by atoms with Gasteiger partial charge in [0.25, 0.3) is 0 Å². The lowest BCUT2D eigenvalue weighted by Gasteiger charge is -2.13. The standard InChI is InChI=1S/C9H18O3/c1-3-4-5-6-9(7-10)12-8(2)11/h9-10H,3-7H2,1-2H3/t9-/m1/s1. The van der Waals surface area contributed by atoms with Crippen LogP contribution in [0.5, 0.6) is 0 Å². The fourth-order valence-electron chi connectivity index (χ4n) is 1.04. The summed E-state index contributed by atoms with van der Waals surface area (Å²) in [4.78, 5) is 10.5. The molecule has 0 aliphatic rings. The predicted molar refractivity (Wildman–Crippen MR) is 46.8 cm³/mol. The van der Waals surface area contributed by atoms with Gasteiger partial charge in [0.05, 0.1) is 6.61 Å². The van der Waals surface area contributed by atoms with E-state index in [-0.39, 0.29) is 18.7 Å². The van der Waals surface area contributed by atoms with E-state index in [0.29, 0.717) is 0 Å². The monoisotopic (exact) mass is 174 g/mol. The van der Waals surface area contributed by atoms with E-state index in [1.807, 2.05) is 0 Å². The summed E-state index contributed by atoms with van der Waals surface area (Å²) in [5.74, 6) is -0.314. The lowest BCUT2D eigenvalue weighted by atomic mass is 10.1. The third-order valence-electron chi connectivity index (χ3n) is 1.67. The lowest BCUT2D eigenvalue weighted by molar-refractivity contribution is -0.148. The molecule has 72 valence electrons. The van der Waals surface area contributed by atoms with E-state index in [9.17, 15) is 4.79 Å². The first kappa shape index (κ1) is 11.4. The van der Waals surface area contributed by atoms with Gasteiger partial charge in [-0.05, 0) is 12.8 Å². The van der Waals surface area contributed by atoms with Crippen molar-refractivity contribution in [3.8, 4) is 0 Å². The second kappa shape index (κ2) is 7.10. The van der Waals surface area contributed by atoms with E-state index in [1.54, 1.807) is 0 Å². The molecule has 0 aliphatic carbocycles. The van der Waals surface area contributed by atoms with Crippen LogP contribution in [0.15, 0.2) is 0 Å². The maximum atomic E-state index is 10.5. The summed E-state index contributed by atoms with van der Waals surface area (Å²) in [7, 11) is 0. The SMILES string of the molecule is CCCCC[C@H](CO)OC(C)=O. The van der Waals surface area contributed by atoms with Crippen LogP contribution in [0.25, 0.3) is 0 Å². The second-order valence-corrected chi connectivity index (χ2v) is 2.91. The Morgan fingerprint density at radius 2 is 2.17 bits per heavy atom. The largest absolute Gasteiger partial charge is 0.460 e. The smallest absolute Gasteiger partial charge is 0.302 e. The molecule has 0 fully saturated rings. The van der Waals surface area contributed by atoms with E-state index in [1.165, 1.54) is 6.92 Å². The third kappa shape index (κ3) is 6.16. The van der Waals surface area contributed by atoms with E-state index < -0.39 is 0 Å². The maximum absolute atomic E-state index is 10.5. The molecule has 0 saturated heterocycles. The normalized spacial score (nSPS) is 12.6. The van der Waals surface area contributed by atoms with Gasteiger partial charge in [-0.25, -0.2) is 0 Å². The molecule has 0 aromatic heterocycles. The fourth-order valence-corrected chi connectivity index (χ4v) is 1.04. The summed E-state index contributed by atoms with van der Waals surface area (Å²) in [6, 6.07) is 0. The molecule has 0 aromatic rings. The minimum atomic E-state index is -0.314. The molecule has 0 bridgehead atoms. The highest BCUT2D eigenvalue weighted by atomic mass is 16.5. The Kier molecular flexibility index (Phi) is 6.76. The van der Waals surface area contributed by atoms with Crippen LogP contribution in [0.1, 0.15) is 39.5 Å². The molecule has 12 heavy (non-hydrogen) atoms. The number of esters is 1. The molecular weight excluding hydrogens is 156 g/mol. The van der Waals surface area contributed by atoms with Crippen LogP contribution in [0.4, 0.5) is 0 Å². The Bertz CT molecular complexity index is 123. The van der Waals surface area contributed by atoms with Gasteiger partial charge in [-0.1, -0.05) is 19.8 Å². The molecule has 1 atom stereocenters. The second-order valence-electron chi connectivity index (χ2n) is 2.91. The Hall–Kier alpha value is -0.570. The van der Waals surface area contributed by atoms with Gasteiger partial charge in [0, 0.05) is 6.92 Å². The molecule has 0 saturated carbocycles. The van der Waals surface area contributed by atoms with Crippen LogP contribution in [0.2, 0.25) is 0 Å². The zero-order valence-corrected chi connectivity index (χ0v) is 7.88. The van der Waals surface area contributed by atoms with Crippen LogP contribution < -0.4 is 0 Å². The van der Waals surface area contributed by atoms with Crippen molar-refractivity contribution in [3.05, 3.63) is 0 Å². The molecule has 0 radical (unpaired) electrons. The van der Waals surface area contributed by atoms with E-state index in [4.69, 9.17) is 9.84 Å². The number of aliphatic hydroxyl groups excluding tert-OH is 1. The molecule has 0 aromatic carbocycles. The van der Waals surface area contributed by atoms with Crippen molar-refractivity contribution in [3.63, 3.8) is 0 Å². The molecule has 3 nitrogen and oxygen atoms in total. The molecule has 1 N–H and O–H groups in total. The minimum Gasteiger partial charge on any atom is -0.460 e. The van der Waals surface area contributed by atoms with Crippen molar-refractivity contribution >= 4 is 5.97 Å². The summed E-state index contributed by atoms with van der Waals surface area (Å²) in [6.45, 7) is 3.41. The Labute approximate surface area is 73.7 Å². The number of carbonyl (C=O) groups is 1. The van der Waals surface area contributed by atoms with Crippen molar-refractivity contribution in [2.75, 3.05) is 6.61 Å². The number of carbonyl (C=O) groups excluding carboxylic acids is 1. The van der Waals surface area contributed by atoms with Crippen molar-refractivity contribution in [2.45, 2.75) is 45.6 Å². The number of aliphatic hydroxyl groups is 1. The highest BCUT2D eigenvalue weighted by Gasteiger charge is 2.09. The highest BCUT2D eigenvalue weighted by molar-refractivity contribution is 5.66. The Morgan fingerprint density at radius 3 is 2.58 bits per heavy atom. The Balaban J connectivity index is 3.46. The molecule has 0 heterocycles. The van der Waals surface area contributed by atoms with Crippen molar-refractivity contribution in [2.24, 2.45) is 0 Å². The summed E-state index contributed by atoms with van der Waals surface area (Å²) in [5.41, 5.74) is 0. The number of hydrogen-bond acceptors (Lipinski definition) is 3. The van der Waals surface area contributed by atoms with Gasteiger partial charge in [0.2, 0.25) is 0 Å². The first-order valence-electron chi connectivity index (χ1n) is 4.48. The van der Waals surface area contributed by atoms with Gasteiger partial charge >= 0.3 is 5.97 Å². The quantitative estimate of drug-likeness (QED) is 0.490. The van der Waals surface area contributed by atoms with Crippen LogP contribution >= 0.6 is 0 Å². The molecule has 0 amide bonds. The van der Waals surface area contributed by atoms with Crippen LogP contribution in [-0.4, -0.2) is 23.8 Å². The lowest BCUT2D eigenvalue weighted by Crippen LogP contribution is -2.20. The highest BCUT2D eigenvalue weighted by Crippen LogP contribution is 2.06. The summed E-state index contributed by atoms with van der Waals surface area (Å²) in [6.07, 6.45) is 3.74. The van der Waals surface area contributed by atoms with Crippen molar-refractivity contribution in [1.29, 1.82) is 0 Å². The molecule has 0 unspecified atom stereocenters. The van der Waals surface area contributed by atoms with Crippen LogP contribution in [0, 0.1) is 0 Å². The van der Waals surface area contributed by atoms with Gasteiger partial charge in [-0.15, -0.1) is 0 Å². The average molecular weight is 174 g/mol. The number of hydrogen-bond donors (Lipinski definition) is 1. The number of rotatable bonds is 6. The van der Waals surface area contributed by atoms with Crippen LogP contribution in [-0.2, 0) is 9.53 Å². The van der Waals surface area contributed by atoms with E-state index in [0.717, 1.165) is 25.7 Å².